The van der Waals surface area contributed by atoms with Gasteiger partial charge in [-0.15, -0.1) is 0 Å². The second kappa shape index (κ2) is 12.7. The molecule has 1 amide bonds. The van der Waals surface area contributed by atoms with E-state index in [-0.39, 0.29) is 11.3 Å². The Morgan fingerprint density at radius 2 is 2.00 bits per heavy atom. The second-order valence-electron chi connectivity index (χ2n) is 11.7. The first-order valence-corrected chi connectivity index (χ1v) is 14.4. The molecule has 3 aliphatic rings. The first-order valence-electron chi connectivity index (χ1n) is 14.4. The molecular weight excluding hydrogens is 477 g/mol. The van der Waals surface area contributed by atoms with E-state index < -0.39 is 5.83 Å². The third-order valence-corrected chi connectivity index (χ3v) is 8.26. The van der Waals surface area contributed by atoms with Crippen molar-refractivity contribution in [2.24, 2.45) is 0 Å². The number of amides is 1. The predicted octanol–water partition coefficient (Wildman–Crippen LogP) is 4.56. The van der Waals surface area contributed by atoms with Gasteiger partial charge in [0.1, 0.15) is 5.83 Å². The Morgan fingerprint density at radius 1 is 1.24 bits per heavy atom. The minimum absolute atomic E-state index is 0.152. The SMILES string of the molecule is C=C(F)/C=C\C(=C/C)Cc1cc2c(nc1CC)C(C)(C)CN2C(=O)CN1CCNCC1CN1CCCCC1. The van der Waals surface area contributed by atoms with Gasteiger partial charge in [0.25, 0.3) is 0 Å². The number of carbonyl (C=O) groups is 1. The van der Waals surface area contributed by atoms with Crippen molar-refractivity contribution in [2.75, 3.05) is 57.3 Å². The number of carbonyl (C=O) groups excluding carboxylic acids is 1. The summed E-state index contributed by atoms with van der Waals surface area (Å²) < 4.78 is 13.3. The molecule has 4 heterocycles. The molecule has 1 aromatic heterocycles. The molecule has 208 valence electrons. The molecule has 0 spiro atoms. The van der Waals surface area contributed by atoms with Crippen LogP contribution in [0.4, 0.5) is 10.1 Å². The molecular formula is C31H46FN5O. The van der Waals surface area contributed by atoms with Gasteiger partial charge in [-0.2, -0.15) is 0 Å². The Labute approximate surface area is 228 Å². The van der Waals surface area contributed by atoms with E-state index in [0.717, 1.165) is 60.8 Å². The van der Waals surface area contributed by atoms with Gasteiger partial charge in [0.15, 0.2) is 0 Å². The van der Waals surface area contributed by atoms with Gasteiger partial charge in [0.05, 0.1) is 17.9 Å². The Morgan fingerprint density at radius 3 is 2.68 bits per heavy atom. The summed E-state index contributed by atoms with van der Waals surface area (Å²) in [5.41, 5.74) is 4.86. The van der Waals surface area contributed by atoms with Crippen molar-refractivity contribution in [3.8, 4) is 0 Å². The average molecular weight is 524 g/mol. The van der Waals surface area contributed by atoms with Crippen LogP contribution >= 0.6 is 0 Å². The molecule has 0 aromatic carbocycles. The number of hydrogen-bond donors (Lipinski definition) is 1. The van der Waals surface area contributed by atoms with Crippen LogP contribution in [0, 0.1) is 0 Å². The Bertz CT molecular complexity index is 1070. The molecule has 0 radical (unpaired) electrons. The summed E-state index contributed by atoms with van der Waals surface area (Å²) in [7, 11) is 0. The number of piperidine rings is 1. The van der Waals surface area contributed by atoms with Gasteiger partial charge in [0.2, 0.25) is 5.91 Å². The number of likely N-dealkylation sites (tertiary alicyclic amines) is 1. The van der Waals surface area contributed by atoms with Crippen LogP contribution < -0.4 is 10.2 Å². The smallest absolute Gasteiger partial charge is 0.241 e. The van der Waals surface area contributed by atoms with Crippen molar-refractivity contribution in [1.82, 2.24) is 20.1 Å². The highest BCUT2D eigenvalue weighted by atomic mass is 19.1. The molecule has 2 saturated heterocycles. The number of piperazine rings is 1. The number of hydrogen-bond acceptors (Lipinski definition) is 5. The number of allylic oxidation sites excluding steroid dienone is 5. The molecule has 2 fully saturated rings. The standard InChI is InChI=1S/C31H46FN5O/c1-6-24(12-11-23(3)32)17-25-18-28-30(34-27(25)7-2)31(4,5)22-37(28)29(38)21-36-16-13-33-19-26(36)20-35-14-9-8-10-15-35/h6,11-12,18,26,33H,3,7-10,13-17,19-22H2,1-2,4-5H3/b12-11-,24-6+. The van der Waals surface area contributed by atoms with Gasteiger partial charge in [0, 0.05) is 49.9 Å². The van der Waals surface area contributed by atoms with Crippen molar-refractivity contribution in [3.05, 3.63) is 59.2 Å². The highest BCUT2D eigenvalue weighted by Gasteiger charge is 2.41. The van der Waals surface area contributed by atoms with E-state index in [0.29, 0.717) is 25.6 Å². The van der Waals surface area contributed by atoms with Crippen molar-refractivity contribution in [3.63, 3.8) is 0 Å². The van der Waals surface area contributed by atoms with Crippen LogP contribution in [-0.4, -0.2) is 79.1 Å². The van der Waals surface area contributed by atoms with E-state index in [2.05, 4.69) is 48.5 Å². The molecule has 1 aromatic rings. The topological polar surface area (TPSA) is 51.7 Å². The fourth-order valence-electron chi connectivity index (χ4n) is 6.09. The van der Waals surface area contributed by atoms with Crippen LogP contribution in [0.25, 0.3) is 0 Å². The lowest BCUT2D eigenvalue weighted by molar-refractivity contribution is -0.120. The van der Waals surface area contributed by atoms with Crippen LogP contribution in [0.5, 0.6) is 0 Å². The van der Waals surface area contributed by atoms with Crippen molar-refractivity contribution >= 4 is 11.6 Å². The Hall–Kier alpha value is -2.35. The summed E-state index contributed by atoms with van der Waals surface area (Å²) in [6, 6.07) is 2.52. The maximum absolute atomic E-state index is 13.9. The molecule has 7 heteroatoms. The van der Waals surface area contributed by atoms with E-state index in [4.69, 9.17) is 4.98 Å². The summed E-state index contributed by atoms with van der Waals surface area (Å²) in [6.45, 7) is 19.0. The summed E-state index contributed by atoms with van der Waals surface area (Å²) in [5, 5.41) is 3.54. The van der Waals surface area contributed by atoms with Crippen LogP contribution in [0.2, 0.25) is 0 Å². The fraction of sp³-hybridized carbons (Fsp3) is 0.613. The highest BCUT2D eigenvalue weighted by Crippen LogP contribution is 2.41. The molecule has 0 saturated carbocycles. The van der Waals surface area contributed by atoms with Crippen LogP contribution in [-0.2, 0) is 23.1 Å². The van der Waals surface area contributed by atoms with Gasteiger partial charge in [-0.05, 0) is 69.0 Å². The molecule has 3 aliphatic heterocycles. The summed E-state index contributed by atoms with van der Waals surface area (Å²) in [4.78, 5) is 25.9. The molecule has 1 N–H and O–H groups in total. The lowest BCUT2D eigenvalue weighted by Crippen LogP contribution is -2.58. The van der Waals surface area contributed by atoms with Gasteiger partial charge in [-0.1, -0.05) is 45.9 Å². The number of pyridine rings is 1. The van der Waals surface area contributed by atoms with Gasteiger partial charge >= 0.3 is 0 Å². The minimum Gasteiger partial charge on any atom is -0.314 e. The van der Waals surface area contributed by atoms with Crippen LogP contribution in [0.15, 0.2) is 42.3 Å². The third-order valence-electron chi connectivity index (χ3n) is 8.26. The maximum Gasteiger partial charge on any atom is 0.241 e. The molecule has 38 heavy (non-hydrogen) atoms. The monoisotopic (exact) mass is 523 g/mol. The molecule has 1 atom stereocenters. The normalized spacial score (nSPS) is 22.7. The lowest BCUT2D eigenvalue weighted by atomic mass is 9.90. The molecule has 6 nitrogen and oxygen atoms in total. The molecule has 0 bridgehead atoms. The number of aryl methyl sites for hydroxylation is 1. The highest BCUT2D eigenvalue weighted by molar-refractivity contribution is 5.97. The van der Waals surface area contributed by atoms with Crippen LogP contribution in [0.1, 0.15) is 63.9 Å². The zero-order chi connectivity index (χ0) is 27.3. The van der Waals surface area contributed by atoms with E-state index in [1.807, 2.05) is 17.9 Å². The zero-order valence-corrected chi connectivity index (χ0v) is 23.9. The zero-order valence-electron chi connectivity index (χ0n) is 23.9. The minimum atomic E-state index is -0.461. The average Bonchev–Trinajstić information content (AvgIpc) is 3.17. The van der Waals surface area contributed by atoms with Crippen molar-refractivity contribution in [1.29, 1.82) is 0 Å². The largest absolute Gasteiger partial charge is 0.314 e. The maximum atomic E-state index is 13.9. The number of rotatable bonds is 9. The van der Waals surface area contributed by atoms with Gasteiger partial charge in [-0.25, -0.2) is 4.39 Å². The van der Waals surface area contributed by atoms with Gasteiger partial charge < -0.3 is 15.1 Å². The number of fused-ring (bicyclic) bond motifs is 1. The number of nitrogens with zero attached hydrogens (tertiary/aromatic N) is 4. The number of nitrogens with one attached hydrogen (secondary N) is 1. The summed E-state index contributed by atoms with van der Waals surface area (Å²) in [5.74, 6) is -0.309. The lowest BCUT2D eigenvalue weighted by Gasteiger charge is -2.40. The summed E-state index contributed by atoms with van der Waals surface area (Å²) >= 11 is 0. The Kier molecular flexibility index (Phi) is 9.55. The molecule has 0 aliphatic carbocycles. The van der Waals surface area contributed by atoms with Gasteiger partial charge in [-0.3, -0.25) is 14.7 Å². The third kappa shape index (κ3) is 6.80. The predicted molar refractivity (Wildman–Crippen MR) is 154 cm³/mol. The quantitative estimate of drug-likeness (QED) is 0.481. The van der Waals surface area contributed by atoms with E-state index in [1.165, 1.54) is 38.4 Å². The van der Waals surface area contributed by atoms with Crippen LogP contribution in [0.3, 0.4) is 0 Å². The Balaban J connectivity index is 1.55. The van der Waals surface area contributed by atoms with E-state index in [1.54, 1.807) is 6.08 Å². The first kappa shape index (κ1) is 28.7. The van der Waals surface area contributed by atoms with E-state index >= 15 is 0 Å². The van der Waals surface area contributed by atoms with E-state index in [9.17, 15) is 9.18 Å². The second-order valence-corrected chi connectivity index (χ2v) is 11.7. The number of aromatic nitrogens is 1. The van der Waals surface area contributed by atoms with Crippen molar-refractivity contribution < 1.29 is 9.18 Å². The van der Waals surface area contributed by atoms with Crippen molar-refractivity contribution in [2.45, 2.75) is 71.3 Å². The number of halogens is 1. The fourth-order valence-corrected chi connectivity index (χ4v) is 6.09. The summed E-state index contributed by atoms with van der Waals surface area (Å²) in [6.07, 6.45) is 10.5. The first-order chi connectivity index (χ1) is 18.2. The molecule has 1 unspecified atom stereocenters. The molecule has 4 rings (SSSR count). The number of anilines is 1.